The molecule has 0 radical (unpaired) electrons. The van der Waals surface area contributed by atoms with Crippen LogP contribution in [-0.4, -0.2) is 31.4 Å². The number of carbonyl (C=O) groups is 1. The second kappa shape index (κ2) is 9.46. The van der Waals surface area contributed by atoms with E-state index in [1.807, 2.05) is 49.4 Å². The lowest BCUT2D eigenvalue weighted by molar-refractivity contribution is -0.136. The Morgan fingerprint density at radius 1 is 1.09 bits per heavy atom. The molecule has 0 amide bonds. The van der Waals surface area contributed by atoms with Crippen LogP contribution in [0.1, 0.15) is 31.0 Å². The lowest BCUT2D eigenvalue weighted by atomic mass is 9.96. The van der Waals surface area contributed by atoms with Gasteiger partial charge in [-0.2, -0.15) is 0 Å². The molecule has 0 saturated carbocycles. The number of nitrogens with zero attached hydrogens (tertiary/aromatic N) is 2. The molecule has 8 heteroatoms. The Kier molecular flexibility index (Phi) is 6.46. The Morgan fingerprint density at radius 3 is 2.36 bits per heavy atom. The fourth-order valence-corrected chi connectivity index (χ4v) is 4.82. The second-order valence-electron chi connectivity index (χ2n) is 7.35. The molecule has 1 aliphatic heterocycles. The predicted molar refractivity (Wildman–Crippen MR) is 126 cm³/mol. The number of carbonyl (C=O) groups excluding carboxylic acids is 1. The minimum Gasteiger partial charge on any atom is -0.497 e. The summed E-state index contributed by atoms with van der Waals surface area (Å²) in [5.74, 6) is 0.939. The predicted octanol–water partition coefficient (Wildman–Crippen LogP) is 2.82. The van der Waals surface area contributed by atoms with Gasteiger partial charge in [0.15, 0.2) is 4.80 Å². The molecular formula is C25H24N2O5S. The highest BCUT2D eigenvalue weighted by Gasteiger charge is 2.33. The van der Waals surface area contributed by atoms with E-state index < -0.39 is 12.0 Å². The molecule has 4 rings (SSSR count). The molecule has 170 valence electrons. The number of methoxy groups -OCH3 is 2. The zero-order valence-electron chi connectivity index (χ0n) is 18.8. The van der Waals surface area contributed by atoms with E-state index in [1.165, 1.54) is 18.4 Å². The van der Waals surface area contributed by atoms with Crippen LogP contribution >= 0.6 is 11.3 Å². The van der Waals surface area contributed by atoms with Crippen molar-refractivity contribution in [3.63, 3.8) is 0 Å². The van der Waals surface area contributed by atoms with E-state index in [9.17, 15) is 9.59 Å². The van der Waals surface area contributed by atoms with E-state index in [-0.39, 0.29) is 5.56 Å². The van der Waals surface area contributed by atoms with Gasteiger partial charge in [0.2, 0.25) is 0 Å². The summed E-state index contributed by atoms with van der Waals surface area (Å²) < 4.78 is 17.9. The summed E-state index contributed by atoms with van der Waals surface area (Å²) in [6.45, 7) is 4.27. The molecular weight excluding hydrogens is 440 g/mol. The third kappa shape index (κ3) is 4.34. The number of hydrogen-bond donors (Lipinski definition) is 0. The molecule has 2 heterocycles. The van der Waals surface area contributed by atoms with Gasteiger partial charge in [0.1, 0.15) is 11.5 Å². The molecule has 33 heavy (non-hydrogen) atoms. The summed E-state index contributed by atoms with van der Waals surface area (Å²) in [5.41, 5.74) is 2.27. The Bertz CT molecular complexity index is 1380. The third-order valence-electron chi connectivity index (χ3n) is 5.35. The first-order valence-electron chi connectivity index (χ1n) is 10.4. The largest absolute Gasteiger partial charge is 0.497 e. The quantitative estimate of drug-likeness (QED) is 0.524. The maximum Gasteiger partial charge on any atom is 0.338 e. The molecule has 7 nitrogen and oxygen atoms in total. The smallest absolute Gasteiger partial charge is 0.338 e. The van der Waals surface area contributed by atoms with Gasteiger partial charge in [-0.25, -0.2) is 9.79 Å². The first-order chi connectivity index (χ1) is 16.0. The van der Waals surface area contributed by atoms with E-state index in [0.717, 1.165) is 16.9 Å². The number of ether oxygens (including phenoxy) is 3. The number of rotatable bonds is 6. The van der Waals surface area contributed by atoms with Crippen molar-refractivity contribution in [2.75, 3.05) is 20.8 Å². The van der Waals surface area contributed by atoms with Crippen LogP contribution < -0.4 is 24.4 Å². The van der Waals surface area contributed by atoms with Crippen molar-refractivity contribution >= 4 is 23.4 Å². The first kappa shape index (κ1) is 22.5. The number of allylic oxidation sites excluding steroid dienone is 1. The van der Waals surface area contributed by atoms with E-state index in [4.69, 9.17) is 14.2 Å². The molecule has 0 saturated heterocycles. The van der Waals surface area contributed by atoms with Crippen LogP contribution in [0.25, 0.3) is 6.08 Å². The summed E-state index contributed by atoms with van der Waals surface area (Å²) in [6, 6.07) is 14.2. The minimum absolute atomic E-state index is 0.220. The summed E-state index contributed by atoms with van der Waals surface area (Å²) in [4.78, 5) is 31.3. The zero-order valence-corrected chi connectivity index (χ0v) is 19.6. The van der Waals surface area contributed by atoms with Gasteiger partial charge >= 0.3 is 5.97 Å². The van der Waals surface area contributed by atoms with Crippen LogP contribution in [0.2, 0.25) is 0 Å². The first-order valence-corrected chi connectivity index (χ1v) is 11.3. The van der Waals surface area contributed by atoms with Crippen molar-refractivity contribution in [1.29, 1.82) is 0 Å². The SMILES string of the molecule is CCOc1ccc(/C=c2/sc3n(c2=O)[C@@H](c2ccc(OC)cc2)C(C(=O)OC)=C(C)N=3)cc1. The average molecular weight is 465 g/mol. The average Bonchev–Trinajstić information content (AvgIpc) is 3.13. The highest BCUT2D eigenvalue weighted by molar-refractivity contribution is 7.07. The number of thiazole rings is 1. The van der Waals surface area contributed by atoms with Crippen molar-refractivity contribution in [1.82, 2.24) is 4.57 Å². The molecule has 0 unspecified atom stereocenters. The lowest BCUT2D eigenvalue weighted by Crippen LogP contribution is -2.39. The normalized spacial score (nSPS) is 15.6. The molecule has 0 bridgehead atoms. The number of hydrogen-bond acceptors (Lipinski definition) is 7. The highest BCUT2D eigenvalue weighted by Crippen LogP contribution is 2.31. The topological polar surface area (TPSA) is 79.1 Å². The van der Waals surface area contributed by atoms with Gasteiger partial charge in [0.25, 0.3) is 5.56 Å². The van der Waals surface area contributed by atoms with Gasteiger partial charge in [0.05, 0.1) is 42.7 Å². The maximum absolute atomic E-state index is 13.5. The van der Waals surface area contributed by atoms with Crippen LogP contribution in [0.15, 0.2) is 69.6 Å². The Morgan fingerprint density at radius 2 is 1.76 bits per heavy atom. The Hall–Kier alpha value is -3.65. The van der Waals surface area contributed by atoms with Gasteiger partial charge in [-0.3, -0.25) is 9.36 Å². The number of esters is 1. The van der Waals surface area contributed by atoms with Gasteiger partial charge in [-0.1, -0.05) is 35.6 Å². The zero-order chi connectivity index (χ0) is 23.5. The lowest BCUT2D eigenvalue weighted by Gasteiger charge is -2.24. The summed E-state index contributed by atoms with van der Waals surface area (Å²) in [7, 11) is 2.91. The van der Waals surface area contributed by atoms with Gasteiger partial charge in [-0.05, 0) is 55.3 Å². The molecule has 2 aromatic carbocycles. The molecule has 0 fully saturated rings. The number of benzene rings is 2. The van der Waals surface area contributed by atoms with E-state index in [1.54, 1.807) is 30.7 Å². The van der Waals surface area contributed by atoms with Gasteiger partial charge in [0, 0.05) is 0 Å². The maximum atomic E-state index is 13.5. The fourth-order valence-electron chi connectivity index (χ4n) is 3.77. The van der Waals surface area contributed by atoms with Crippen molar-refractivity contribution in [3.8, 4) is 11.5 Å². The Labute approximate surface area is 194 Å². The van der Waals surface area contributed by atoms with Crippen LogP contribution in [0.5, 0.6) is 11.5 Å². The summed E-state index contributed by atoms with van der Waals surface area (Å²) in [6.07, 6.45) is 1.82. The van der Waals surface area contributed by atoms with Gasteiger partial charge in [-0.15, -0.1) is 0 Å². The summed E-state index contributed by atoms with van der Waals surface area (Å²) in [5, 5.41) is 0. The molecule has 1 atom stereocenters. The molecule has 3 aromatic rings. The number of fused-ring (bicyclic) bond motifs is 1. The molecule has 0 aliphatic carbocycles. The third-order valence-corrected chi connectivity index (χ3v) is 6.33. The van der Waals surface area contributed by atoms with E-state index >= 15 is 0 Å². The van der Waals surface area contributed by atoms with E-state index in [0.29, 0.717) is 33.0 Å². The van der Waals surface area contributed by atoms with Crippen LogP contribution in [0, 0.1) is 0 Å². The van der Waals surface area contributed by atoms with Crippen LogP contribution in [0.3, 0.4) is 0 Å². The fraction of sp³-hybridized carbons (Fsp3) is 0.240. The van der Waals surface area contributed by atoms with Crippen molar-refractivity contribution in [2.24, 2.45) is 4.99 Å². The molecule has 0 N–H and O–H groups in total. The van der Waals surface area contributed by atoms with E-state index in [2.05, 4.69) is 4.99 Å². The molecule has 1 aromatic heterocycles. The van der Waals surface area contributed by atoms with Crippen molar-refractivity contribution in [3.05, 3.63) is 90.6 Å². The number of aromatic nitrogens is 1. The van der Waals surface area contributed by atoms with Gasteiger partial charge < -0.3 is 14.2 Å². The van der Waals surface area contributed by atoms with Crippen molar-refractivity contribution in [2.45, 2.75) is 19.9 Å². The minimum atomic E-state index is -0.651. The second-order valence-corrected chi connectivity index (χ2v) is 8.36. The standard InChI is InChI=1S/C25H24N2O5S/c1-5-32-19-10-6-16(7-11-19)14-20-23(28)27-22(17-8-12-18(30-3)13-9-17)21(24(29)31-4)15(2)26-25(27)33-20/h6-14,22H,5H2,1-4H3/b20-14+/t22-/m0/s1. The monoisotopic (exact) mass is 464 g/mol. The van der Waals surface area contributed by atoms with Crippen LogP contribution in [-0.2, 0) is 9.53 Å². The summed E-state index contributed by atoms with van der Waals surface area (Å²) >= 11 is 1.29. The molecule has 1 aliphatic rings. The molecule has 0 spiro atoms. The van der Waals surface area contributed by atoms with Crippen molar-refractivity contribution < 1.29 is 19.0 Å². The Balaban J connectivity index is 1.88. The highest BCUT2D eigenvalue weighted by atomic mass is 32.1. The van der Waals surface area contributed by atoms with Crippen LogP contribution in [0.4, 0.5) is 0 Å².